The molecule has 0 aliphatic carbocycles. The van der Waals surface area contributed by atoms with Crippen molar-refractivity contribution in [1.29, 1.82) is 0 Å². The molecule has 0 bridgehead atoms. The maximum Gasteiger partial charge on any atom is 0.193 e. The summed E-state index contributed by atoms with van der Waals surface area (Å²) >= 11 is 1.88. The van der Waals surface area contributed by atoms with Gasteiger partial charge in [0.05, 0.1) is 0 Å². The van der Waals surface area contributed by atoms with Crippen LogP contribution < -0.4 is 10.2 Å². The van der Waals surface area contributed by atoms with Crippen LogP contribution in [0.3, 0.4) is 0 Å². The summed E-state index contributed by atoms with van der Waals surface area (Å²) < 4.78 is 0.224. The predicted molar refractivity (Wildman–Crippen MR) is 99.2 cm³/mol. The van der Waals surface area contributed by atoms with Gasteiger partial charge in [-0.1, -0.05) is 18.2 Å². The molecule has 0 atom stereocenters. The highest BCUT2D eigenvalue weighted by atomic mass is 32.2. The van der Waals surface area contributed by atoms with Crippen LogP contribution in [0.25, 0.3) is 0 Å². The smallest absolute Gasteiger partial charge is 0.193 e. The minimum absolute atomic E-state index is 0.224. The molecule has 0 aromatic heterocycles. The van der Waals surface area contributed by atoms with Crippen LogP contribution in [0.1, 0.15) is 13.8 Å². The molecule has 1 saturated heterocycles. The Morgan fingerprint density at radius 1 is 1.18 bits per heavy atom. The first kappa shape index (κ1) is 17.0. The van der Waals surface area contributed by atoms with E-state index in [9.17, 15) is 0 Å². The zero-order valence-corrected chi connectivity index (χ0v) is 15.0. The molecule has 1 N–H and O–H groups in total. The number of hydrogen-bond donors (Lipinski definition) is 1. The SMILES string of the molecule is CN=C(NCC(C)(C)SC)N1CCN(c2ccccc2)CC1. The second kappa shape index (κ2) is 7.77. The lowest BCUT2D eigenvalue weighted by molar-refractivity contribution is 0.371. The summed E-state index contributed by atoms with van der Waals surface area (Å²) in [4.78, 5) is 9.25. The van der Waals surface area contributed by atoms with Crippen LogP contribution >= 0.6 is 11.8 Å². The van der Waals surface area contributed by atoms with Gasteiger partial charge in [-0.25, -0.2) is 0 Å². The summed E-state index contributed by atoms with van der Waals surface area (Å²) in [6, 6.07) is 10.6. The number of benzene rings is 1. The number of hydrogen-bond acceptors (Lipinski definition) is 3. The zero-order chi connectivity index (χ0) is 16.0. The normalized spacial score (nSPS) is 16.8. The molecular formula is C17H28N4S. The first-order chi connectivity index (χ1) is 10.6. The Bertz CT molecular complexity index is 479. The molecule has 1 aliphatic rings. The molecule has 1 heterocycles. The summed E-state index contributed by atoms with van der Waals surface area (Å²) in [5.41, 5.74) is 1.31. The molecule has 1 aliphatic heterocycles. The Balaban J connectivity index is 1.87. The second-order valence-electron chi connectivity index (χ2n) is 6.17. The molecule has 0 amide bonds. The minimum atomic E-state index is 0.224. The number of nitrogens with one attached hydrogen (secondary N) is 1. The predicted octanol–water partition coefficient (Wildman–Crippen LogP) is 2.53. The molecule has 1 aromatic carbocycles. The van der Waals surface area contributed by atoms with E-state index in [0.29, 0.717) is 0 Å². The molecule has 1 fully saturated rings. The van der Waals surface area contributed by atoms with Gasteiger partial charge in [0.2, 0.25) is 0 Å². The minimum Gasteiger partial charge on any atom is -0.368 e. The fraction of sp³-hybridized carbons (Fsp3) is 0.588. The third kappa shape index (κ3) is 4.57. The van der Waals surface area contributed by atoms with E-state index >= 15 is 0 Å². The third-order valence-electron chi connectivity index (χ3n) is 4.14. The number of rotatable bonds is 4. The lowest BCUT2D eigenvalue weighted by atomic mass is 10.2. The van der Waals surface area contributed by atoms with Crippen LogP contribution in [0.2, 0.25) is 0 Å². The summed E-state index contributed by atoms with van der Waals surface area (Å²) in [6.07, 6.45) is 2.16. The van der Waals surface area contributed by atoms with Crippen molar-refractivity contribution in [3.05, 3.63) is 30.3 Å². The van der Waals surface area contributed by atoms with Crippen molar-refractivity contribution in [2.24, 2.45) is 4.99 Å². The van der Waals surface area contributed by atoms with Crippen LogP contribution in [-0.2, 0) is 0 Å². The standard InChI is InChI=1S/C17H28N4S/c1-17(2,22-4)14-19-16(18-3)21-12-10-20(11-13-21)15-8-6-5-7-9-15/h5-9H,10-14H2,1-4H3,(H,18,19). The van der Waals surface area contributed by atoms with E-state index in [1.807, 2.05) is 18.8 Å². The van der Waals surface area contributed by atoms with E-state index in [0.717, 1.165) is 38.7 Å². The highest BCUT2D eigenvalue weighted by Crippen LogP contribution is 2.20. The number of piperazine rings is 1. The van der Waals surface area contributed by atoms with Crippen molar-refractivity contribution in [2.45, 2.75) is 18.6 Å². The molecule has 0 unspecified atom stereocenters. The molecule has 0 radical (unpaired) electrons. The highest BCUT2D eigenvalue weighted by Gasteiger charge is 2.22. The second-order valence-corrected chi connectivity index (χ2v) is 7.69. The van der Waals surface area contributed by atoms with E-state index in [1.54, 1.807) is 0 Å². The van der Waals surface area contributed by atoms with Gasteiger partial charge < -0.3 is 15.1 Å². The Kier molecular flexibility index (Phi) is 6.00. The van der Waals surface area contributed by atoms with E-state index in [2.05, 4.69) is 70.5 Å². The number of guanidine groups is 1. The Labute approximate surface area is 139 Å². The number of nitrogens with zero attached hydrogens (tertiary/aromatic N) is 3. The Morgan fingerprint density at radius 2 is 1.82 bits per heavy atom. The fourth-order valence-electron chi connectivity index (χ4n) is 2.51. The van der Waals surface area contributed by atoms with Gasteiger partial charge in [0.1, 0.15) is 0 Å². The number of para-hydroxylation sites is 1. The van der Waals surface area contributed by atoms with Crippen LogP contribution in [-0.4, -0.2) is 61.6 Å². The largest absolute Gasteiger partial charge is 0.368 e. The molecule has 4 nitrogen and oxygen atoms in total. The molecule has 5 heteroatoms. The molecular weight excluding hydrogens is 292 g/mol. The van der Waals surface area contributed by atoms with Crippen molar-refractivity contribution in [2.75, 3.05) is 50.9 Å². The number of aliphatic imine (C=N–C) groups is 1. The molecule has 122 valence electrons. The van der Waals surface area contributed by atoms with Gasteiger partial charge in [0.15, 0.2) is 5.96 Å². The van der Waals surface area contributed by atoms with Crippen LogP contribution in [0, 0.1) is 0 Å². The van der Waals surface area contributed by atoms with Crippen LogP contribution in [0.4, 0.5) is 5.69 Å². The maximum absolute atomic E-state index is 4.45. The number of anilines is 1. The van der Waals surface area contributed by atoms with E-state index < -0.39 is 0 Å². The summed E-state index contributed by atoms with van der Waals surface area (Å²) in [5, 5.41) is 3.52. The first-order valence-corrected chi connectivity index (χ1v) is 9.09. The van der Waals surface area contributed by atoms with E-state index in [-0.39, 0.29) is 4.75 Å². The van der Waals surface area contributed by atoms with Crippen molar-refractivity contribution in [3.8, 4) is 0 Å². The van der Waals surface area contributed by atoms with Crippen molar-refractivity contribution < 1.29 is 0 Å². The van der Waals surface area contributed by atoms with Gasteiger partial charge in [-0.05, 0) is 32.2 Å². The first-order valence-electron chi connectivity index (χ1n) is 7.86. The highest BCUT2D eigenvalue weighted by molar-refractivity contribution is 7.99. The van der Waals surface area contributed by atoms with E-state index in [4.69, 9.17) is 0 Å². The van der Waals surface area contributed by atoms with Crippen LogP contribution in [0.5, 0.6) is 0 Å². The average Bonchev–Trinajstić information content (AvgIpc) is 2.57. The average molecular weight is 321 g/mol. The third-order valence-corrected chi connectivity index (χ3v) is 5.39. The van der Waals surface area contributed by atoms with Gasteiger partial charge in [-0.15, -0.1) is 0 Å². The quantitative estimate of drug-likeness (QED) is 0.682. The molecule has 22 heavy (non-hydrogen) atoms. The molecule has 0 saturated carbocycles. The molecule has 2 rings (SSSR count). The van der Waals surface area contributed by atoms with Crippen LogP contribution in [0.15, 0.2) is 35.3 Å². The summed E-state index contributed by atoms with van der Waals surface area (Å²) in [7, 11) is 1.87. The van der Waals surface area contributed by atoms with Crippen molar-refractivity contribution in [3.63, 3.8) is 0 Å². The van der Waals surface area contributed by atoms with Gasteiger partial charge in [0.25, 0.3) is 0 Å². The van der Waals surface area contributed by atoms with Gasteiger partial charge in [-0.3, -0.25) is 4.99 Å². The van der Waals surface area contributed by atoms with Gasteiger partial charge >= 0.3 is 0 Å². The lowest BCUT2D eigenvalue weighted by Gasteiger charge is -2.38. The molecule has 0 spiro atoms. The monoisotopic (exact) mass is 320 g/mol. The summed E-state index contributed by atoms with van der Waals surface area (Å²) in [6.45, 7) is 9.53. The van der Waals surface area contributed by atoms with Gasteiger partial charge in [-0.2, -0.15) is 11.8 Å². The molecule has 1 aromatic rings. The zero-order valence-electron chi connectivity index (χ0n) is 14.2. The fourth-order valence-corrected chi connectivity index (χ4v) is 2.73. The van der Waals surface area contributed by atoms with Crippen molar-refractivity contribution in [1.82, 2.24) is 10.2 Å². The number of thioether (sulfide) groups is 1. The van der Waals surface area contributed by atoms with Gasteiger partial charge in [0, 0.05) is 50.2 Å². The summed E-state index contributed by atoms with van der Waals surface area (Å²) in [5.74, 6) is 1.02. The van der Waals surface area contributed by atoms with E-state index in [1.165, 1.54) is 5.69 Å². The topological polar surface area (TPSA) is 30.9 Å². The van der Waals surface area contributed by atoms with Crippen molar-refractivity contribution >= 4 is 23.4 Å². The Hall–Kier alpha value is -1.36. The Morgan fingerprint density at radius 3 is 2.36 bits per heavy atom. The maximum atomic E-state index is 4.45. The lowest BCUT2D eigenvalue weighted by Crippen LogP contribution is -2.54.